The zero-order chi connectivity index (χ0) is 24.4. The van der Waals surface area contributed by atoms with Gasteiger partial charge in [-0.25, -0.2) is 9.78 Å². The van der Waals surface area contributed by atoms with Crippen molar-refractivity contribution in [1.82, 2.24) is 25.4 Å². The SMILES string of the molecule is COCc1nnc(SCC2=C(C(=O)O)N3C(=O)C(NC(=O)C(=NO)c4csc(N)n4)[C@H]3SC2)s1. The van der Waals surface area contributed by atoms with Crippen molar-refractivity contribution in [3.05, 3.63) is 27.4 Å². The van der Waals surface area contributed by atoms with Crippen molar-refractivity contribution in [2.24, 2.45) is 5.16 Å². The number of fused-ring (bicyclic) bond motifs is 1. The Morgan fingerprint density at radius 1 is 1.44 bits per heavy atom. The number of nitrogens with one attached hydrogen (secondary N) is 1. The molecule has 5 N–H and O–H groups in total. The van der Waals surface area contributed by atoms with E-state index in [-0.39, 0.29) is 16.5 Å². The van der Waals surface area contributed by atoms with Crippen molar-refractivity contribution in [2.45, 2.75) is 22.4 Å². The van der Waals surface area contributed by atoms with Gasteiger partial charge in [0.15, 0.2) is 15.2 Å². The molecule has 0 saturated carbocycles. The van der Waals surface area contributed by atoms with Crippen LogP contribution in [-0.4, -0.2) is 83.9 Å². The molecule has 2 aliphatic rings. The molecule has 1 saturated heterocycles. The van der Waals surface area contributed by atoms with E-state index in [4.69, 9.17) is 10.5 Å². The monoisotopic (exact) mass is 543 g/mol. The van der Waals surface area contributed by atoms with Crippen molar-refractivity contribution < 1.29 is 29.4 Å². The van der Waals surface area contributed by atoms with E-state index in [9.17, 15) is 24.7 Å². The molecule has 0 radical (unpaired) electrons. The fourth-order valence-corrected chi connectivity index (χ4v) is 7.14. The lowest BCUT2D eigenvalue weighted by molar-refractivity contribution is -0.150. The number of nitrogens with two attached hydrogens (primary N) is 1. The number of rotatable bonds is 9. The number of aliphatic carboxylic acids is 1. The average molecular weight is 544 g/mol. The number of aromatic nitrogens is 3. The smallest absolute Gasteiger partial charge is 0.352 e. The maximum absolute atomic E-state index is 12.8. The molecule has 34 heavy (non-hydrogen) atoms. The van der Waals surface area contributed by atoms with Gasteiger partial charge in [0.2, 0.25) is 0 Å². The molecule has 13 nitrogen and oxygen atoms in total. The summed E-state index contributed by atoms with van der Waals surface area (Å²) in [6, 6.07) is -0.978. The molecule has 2 aliphatic heterocycles. The highest BCUT2D eigenvalue weighted by Gasteiger charge is 2.54. The van der Waals surface area contributed by atoms with Crippen LogP contribution in [0.2, 0.25) is 0 Å². The molecule has 2 aromatic heterocycles. The minimum atomic E-state index is -1.23. The van der Waals surface area contributed by atoms with Gasteiger partial charge in [-0.2, -0.15) is 0 Å². The summed E-state index contributed by atoms with van der Waals surface area (Å²) in [7, 11) is 1.56. The number of hydrogen-bond donors (Lipinski definition) is 4. The number of carboxylic acids is 1. The lowest BCUT2D eigenvalue weighted by Crippen LogP contribution is -2.71. The molecule has 2 aromatic rings. The van der Waals surface area contributed by atoms with Crippen LogP contribution in [0.5, 0.6) is 0 Å². The van der Waals surface area contributed by atoms with Crippen LogP contribution < -0.4 is 11.1 Å². The van der Waals surface area contributed by atoms with Gasteiger partial charge in [-0.15, -0.1) is 33.3 Å². The van der Waals surface area contributed by atoms with Gasteiger partial charge in [-0.1, -0.05) is 28.3 Å². The zero-order valence-corrected chi connectivity index (χ0v) is 20.6. The van der Waals surface area contributed by atoms with Crippen LogP contribution in [0.25, 0.3) is 0 Å². The van der Waals surface area contributed by atoms with Crippen LogP contribution in [0.4, 0.5) is 5.13 Å². The molecule has 2 amide bonds. The Kier molecular flexibility index (Phi) is 7.36. The first-order valence-electron chi connectivity index (χ1n) is 9.42. The first-order valence-corrected chi connectivity index (χ1v) is 13.2. The molecule has 4 rings (SSSR count). The highest BCUT2D eigenvalue weighted by Crippen LogP contribution is 2.41. The second kappa shape index (κ2) is 10.3. The maximum Gasteiger partial charge on any atom is 0.352 e. The van der Waals surface area contributed by atoms with Gasteiger partial charge in [-0.05, 0) is 5.57 Å². The van der Waals surface area contributed by atoms with Crippen LogP contribution in [-0.2, 0) is 25.7 Å². The Morgan fingerprint density at radius 3 is 2.88 bits per heavy atom. The molecule has 4 heterocycles. The van der Waals surface area contributed by atoms with E-state index in [1.54, 1.807) is 7.11 Å². The van der Waals surface area contributed by atoms with Crippen LogP contribution in [0.3, 0.4) is 0 Å². The summed E-state index contributed by atoms with van der Waals surface area (Å²) in [5.74, 6) is -1.96. The number of amides is 2. The minimum absolute atomic E-state index is 0.0678. The van der Waals surface area contributed by atoms with E-state index in [1.807, 2.05) is 0 Å². The molecule has 2 atom stereocenters. The minimum Gasteiger partial charge on any atom is -0.477 e. The van der Waals surface area contributed by atoms with E-state index in [0.717, 1.165) is 11.3 Å². The third-order valence-corrected chi connectivity index (χ3v) is 8.83. The Hall–Kier alpha value is -2.73. The number of hydrogen-bond acceptors (Lipinski definition) is 14. The lowest BCUT2D eigenvalue weighted by Gasteiger charge is -2.49. The maximum atomic E-state index is 12.8. The van der Waals surface area contributed by atoms with Crippen LogP contribution in [0.15, 0.2) is 26.1 Å². The number of ether oxygens (including phenoxy) is 1. The predicted octanol–water partition coefficient (Wildman–Crippen LogP) is 0.432. The third kappa shape index (κ3) is 4.74. The van der Waals surface area contributed by atoms with Gasteiger partial charge in [0.25, 0.3) is 11.8 Å². The summed E-state index contributed by atoms with van der Waals surface area (Å²) in [4.78, 5) is 42.5. The summed E-state index contributed by atoms with van der Waals surface area (Å²) in [6.07, 6.45) is 0. The van der Waals surface area contributed by atoms with Crippen molar-refractivity contribution >= 4 is 74.8 Å². The highest BCUT2D eigenvalue weighted by atomic mass is 32.2. The number of oxime groups is 1. The van der Waals surface area contributed by atoms with Crippen molar-refractivity contribution in [1.29, 1.82) is 0 Å². The largest absolute Gasteiger partial charge is 0.477 e. The van der Waals surface area contributed by atoms with Crippen molar-refractivity contribution in [3.8, 4) is 0 Å². The van der Waals surface area contributed by atoms with Crippen molar-refractivity contribution in [2.75, 3.05) is 24.3 Å². The first-order chi connectivity index (χ1) is 16.3. The highest BCUT2D eigenvalue weighted by molar-refractivity contribution is 8.01. The van der Waals surface area contributed by atoms with Crippen LogP contribution in [0, 0.1) is 0 Å². The number of thiazole rings is 1. The standard InChI is InChI=1S/C17H17N7O6S4/c1-30-2-8-21-22-17(34-8)33-4-6-3-31-14-10(13(26)24(14)11(6)15(27)28)20-12(25)9(23-29)7-5-32-16(18)19-7/h5,10,14,29H,2-4H2,1H3,(H2,18,19)(H,20,25)(H,27,28)/t10?,14-/m1/s1. The number of anilines is 1. The summed E-state index contributed by atoms with van der Waals surface area (Å²) in [5, 5.41) is 34.3. The molecule has 0 spiro atoms. The first kappa shape index (κ1) is 24.4. The molecule has 0 aliphatic carbocycles. The molecule has 180 valence electrons. The van der Waals surface area contributed by atoms with E-state index in [1.165, 1.54) is 45.1 Å². The van der Waals surface area contributed by atoms with E-state index in [2.05, 4.69) is 25.7 Å². The number of methoxy groups -OCH3 is 1. The number of carbonyl (C=O) groups is 3. The van der Waals surface area contributed by atoms with Crippen LogP contribution >= 0.6 is 46.2 Å². The summed E-state index contributed by atoms with van der Waals surface area (Å²) < 4.78 is 5.68. The predicted molar refractivity (Wildman–Crippen MR) is 126 cm³/mol. The average Bonchev–Trinajstić information content (AvgIpc) is 3.44. The Labute approximate surface area is 208 Å². The summed E-state index contributed by atoms with van der Waals surface area (Å²) in [5.41, 5.74) is 5.69. The molecule has 0 aromatic carbocycles. The Bertz CT molecular complexity index is 1190. The molecule has 0 bridgehead atoms. The van der Waals surface area contributed by atoms with Crippen LogP contribution in [0.1, 0.15) is 10.7 Å². The fraction of sp³-hybridized carbons (Fsp3) is 0.353. The van der Waals surface area contributed by atoms with Gasteiger partial charge in [0.1, 0.15) is 27.8 Å². The van der Waals surface area contributed by atoms with E-state index >= 15 is 0 Å². The van der Waals surface area contributed by atoms with Gasteiger partial charge in [-0.3, -0.25) is 14.5 Å². The zero-order valence-electron chi connectivity index (χ0n) is 17.3. The van der Waals surface area contributed by atoms with Gasteiger partial charge < -0.3 is 26.1 Å². The van der Waals surface area contributed by atoms with Gasteiger partial charge in [0, 0.05) is 24.0 Å². The molecule has 1 fully saturated rings. The Morgan fingerprint density at radius 2 is 2.24 bits per heavy atom. The number of thioether (sulfide) groups is 2. The normalized spacial score (nSPS) is 20.2. The number of nitrogen functional groups attached to an aromatic ring is 1. The summed E-state index contributed by atoms with van der Waals surface area (Å²) >= 11 is 5.07. The quantitative estimate of drug-likeness (QED) is 0.112. The molecule has 1 unspecified atom stereocenters. The van der Waals surface area contributed by atoms with E-state index < -0.39 is 34.9 Å². The van der Waals surface area contributed by atoms with Gasteiger partial charge in [0.05, 0.1) is 6.61 Å². The van der Waals surface area contributed by atoms with E-state index in [0.29, 0.717) is 33.0 Å². The molecule has 17 heteroatoms. The number of carboxylic acid groups (broad SMARTS) is 1. The second-order valence-electron chi connectivity index (χ2n) is 6.82. The van der Waals surface area contributed by atoms with Gasteiger partial charge >= 0.3 is 5.97 Å². The number of carbonyl (C=O) groups excluding carboxylic acids is 2. The molecular weight excluding hydrogens is 526 g/mol. The second-order valence-corrected chi connectivity index (χ2v) is 11.1. The lowest BCUT2D eigenvalue weighted by atomic mass is 10.0. The topological polar surface area (TPSA) is 193 Å². The third-order valence-electron chi connectivity index (χ3n) is 4.70. The summed E-state index contributed by atoms with van der Waals surface area (Å²) in [6.45, 7) is 0.340. The molecular formula is C17H17N7O6S4. The number of β-lactam (4-membered cyclic amide) rings is 1. The fourth-order valence-electron chi connectivity index (χ4n) is 3.24. The van der Waals surface area contributed by atoms with Crippen molar-refractivity contribution in [3.63, 3.8) is 0 Å². The number of nitrogens with zero attached hydrogens (tertiary/aromatic N) is 5. The Balaban J connectivity index is 1.45.